The summed E-state index contributed by atoms with van der Waals surface area (Å²) in [5.41, 5.74) is -5.22. The monoisotopic (exact) mass is 372 g/mol. The van der Waals surface area contributed by atoms with Crippen molar-refractivity contribution in [2.24, 2.45) is 5.92 Å². The molecule has 1 aromatic heterocycles. The van der Waals surface area contributed by atoms with Gasteiger partial charge in [-0.1, -0.05) is 0 Å². The minimum Gasteiger partial charge on any atom is -0.481 e. The molecule has 0 amide bonds. The average molecular weight is 372 g/mol. The molecule has 0 aliphatic heterocycles. The van der Waals surface area contributed by atoms with Crippen molar-refractivity contribution in [3.8, 4) is 0 Å². The van der Waals surface area contributed by atoms with Gasteiger partial charge in [-0.05, 0) is 0 Å². The first-order valence-corrected chi connectivity index (χ1v) is 9.23. The highest BCUT2D eigenvalue weighted by Gasteiger charge is 2.53. The molecule has 2 atom stereocenters. The lowest BCUT2D eigenvalue weighted by atomic mass is 10.00. The summed E-state index contributed by atoms with van der Waals surface area (Å²) < 4.78 is 24.0. The average Bonchev–Trinajstić information content (AvgIpc) is 2.76. The Morgan fingerprint density at radius 2 is 1.43 bits per heavy atom. The van der Waals surface area contributed by atoms with Crippen LogP contribution in [-0.4, -0.2) is 62.6 Å². The molecule has 2 unspecified atom stereocenters. The molecule has 6 N–H and O–H groups in total. The van der Waals surface area contributed by atoms with E-state index in [2.05, 4.69) is 4.98 Å². The van der Waals surface area contributed by atoms with Crippen LogP contribution in [0.3, 0.4) is 0 Å². The molecule has 0 spiro atoms. The van der Waals surface area contributed by atoms with Crippen molar-refractivity contribution in [3.63, 3.8) is 0 Å². The molecule has 23 heavy (non-hydrogen) atoms. The molecule has 0 aliphatic carbocycles. The van der Waals surface area contributed by atoms with Crippen LogP contribution in [0.15, 0.2) is 18.7 Å². The summed E-state index contributed by atoms with van der Waals surface area (Å²) in [4.78, 5) is 62.8. The zero-order chi connectivity index (χ0) is 18.0. The third kappa shape index (κ3) is 4.96. The third-order valence-electron chi connectivity index (χ3n) is 3.02. The van der Waals surface area contributed by atoms with E-state index in [-0.39, 0.29) is 0 Å². The number of aliphatic carboxylic acids is 2. The normalized spacial score (nSPS) is 16.5. The van der Waals surface area contributed by atoms with Crippen LogP contribution in [0.5, 0.6) is 0 Å². The SMILES string of the molecule is O=C(O)C(C(Cn1ccnc1)C(C(=O)O)P(=O)(O)O)P(=O)(O)O. The van der Waals surface area contributed by atoms with E-state index in [0.717, 1.165) is 10.9 Å². The van der Waals surface area contributed by atoms with E-state index in [4.69, 9.17) is 10.2 Å². The van der Waals surface area contributed by atoms with E-state index in [1.165, 1.54) is 12.4 Å². The fraction of sp³-hybridized carbons (Fsp3) is 0.444. The lowest BCUT2D eigenvalue weighted by molar-refractivity contribution is -0.140. The van der Waals surface area contributed by atoms with Crippen molar-refractivity contribution < 1.29 is 48.5 Å². The number of hydrogen-bond donors (Lipinski definition) is 6. The maximum absolute atomic E-state index is 11.4. The number of carbonyl (C=O) groups is 2. The van der Waals surface area contributed by atoms with Crippen LogP contribution in [0.2, 0.25) is 0 Å². The first-order valence-electron chi connectivity index (χ1n) is 5.87. The van der Waals surface area contributed by atoms with Crippen LogP contribution in [0, 0.1) is 5.92 Å². The second kappa shape index (κ2) is 6.91. The van der Waals surface area contributed by atoms with Gasteiger partial charge in [-0.25, -0.2) is 4.98 Å². The minimum atomic E-state index is -5.41. The van der Waals surface area contributed by atoms with Crippen LogP contribution < -0.4 is 0 Å². The van der Waals surface area contributed by atoms with Gasteiger partial charge in [0.1, 0.15) is 0 Å². The molecule has 0 aromatic carbocycles. The van der Waals surface area contributed by atoms with Gasteiger partial charge in [0.15, 0.2) is 11.3 Å². The number of carboxylic acids is 2. The Balaban J connectivity index is 3.46. The zero-order valence-electron chi connectivity index (χ0n) is 11.3. The summed E-state index contributed by atoms with van der Waals surface area (Å²) in [5.74, 6) is -6.22. The molecule has 0 saturated carbocycles. The summed E-state index contributed by atoms with van der Waals surface area (Å²) in [6, 6.07) is 0. The summed E-state index contributed by atoms with van der Waals surface area (Å²) in [6.07, 6.45) is 3.53. The molecule has 0 bridgehead atoms. The van der Waals surface area contributed by atoms with Crippen molar-refractivity contribution in [3.05, 3.63) is 18.7 Å². The summed E-state index contributed by atoms with van der Waals surface area (Å²) in [5, 5.41) is 18.1. The highest BCUT2D eigenvalue weighted by molar-refractivity contribution is 7.55. The molecule has 0 aliphatic rings. The van der Waals surface area contributed by atoms with Crippen LogP contribution >= 0.6 is 15.2 Å². The van der Waals surface area contributed by atoms with Crippen LogP contribution in [0.25, 0.3) is 0 Å². The first-order chi connectivity index (χ1) is 10.4. The maximum atomic E-state index is 11.4. The number of imidazole rings is 1. The molecule has 0 fully saturated rings. The summed E-state index contributed by atoms with van der Waals surface area (Å²) >= 11 is 0. The largest absolute Gasteiger partial charge is 0.481 e. The molecule has 0 saturated heterocycles. The van der Waals surface area contributed by atoms with Gasteiger partial charge >= 0.3 is 27.1 Å². The Morgan fingerprint density at radius 3 is 1.70 bits per heavy atom. The van der Waals surface area contributed by atoms with Crippen molar-refractivity contribution in [1.29, 1.82) is 0 Å². The molecular formula is C9H14N2O10P2. The Bertz CT molecular complexity index is 622. The molecule has 1 aromatic rings. The minimum absolute atomic E-state index is 0.676. The van der Waals surface area contributed by atoms with E-state index in [9.17, 15) is 38.3 Å². The zero-order valence-corrected chi connectivity index (χ0v) is 13.1. The molecule has 12 nitrogen and oxygen atoms in total. The molecular weight excluding hydrogens is 358 g/mol. The molecule has 130 valence electrons. The number of nitrogens with zero attached hydrogens (tertiary/aromatic N) is 2. The highest BCUT2D eigenvalue weighted by Crippen LogP contribution is 2.53. The second-order valence-electron chi connectivity index (χ2n) is 4.67. The lowest BCUT2D eigenvalue weighted by Gasteiger charge is -2.29. The second-order valence-corrected chi connectivity index (χ2v) is 8.14. The van der Waals surface area contributed by atoms with Gasteiger partial charge < -0.3 is 34.4 Å². The molecule has 1 heterocycles. The standard InChI is InChI=1S/C9H14N2O10P2/c12-8(13)6(22(16,17)18)5(3-11-2-1-10-4-11)7(9(14)15)23(19,20)21/h1-2,4-7H,3H2,(H,12,13)(H,14,15)(H2,16,17,18)(H2,19,20,21). The number of carboxylic acid groups (broad SMARTS) is 2. The Kier molecular flexibility index (Phi) is 5.86. The van der Waals surface area contributed by atoms with Crippen LogP contribution in [0.1, 0.15) is 0 Å². The van der Waals surface area contributed by atoms with Crippen LogP contribution in [-0.2, 0) is 25.3 Å². The van der Waals surface area contributed by atoms with Gasteiger partial charge in [0, 0.05) is 24.9 Å². The lowest BCUT2D eigenvalue weighted by Crippen LogP contribution is -2.43. The molecule has 1 rings (SSSR count). The van der Waals surface area contributed by atoms with E-state index in [0.29, 0.717) is 0 Å². The quantitative estimate of drug-likeness (QED) is 0.297. The topological polar surface area (TPSA) is 207 Å². The Morgan fingerprint density at radius 1 is 1.00 bits per heavy atom. The third-order valence-corrected chi connectivity index (χ3v) is 5.68. The van der Waals surface area contributed by atoms with Gasteiger partial charge in [-0.2, -0.15) is 0 Å². The van der Waals surface area contributed by atoms with Crippen molar-refractivity contribution in [1.82, 2.24) is 9.55 Å². The van der Waals surface area contributed by atoms with E-state index in [1.54, 1.807) is 0 Å². The summed E-state index contributed by atoms with van der Waals surface area (Å²) in [6.45, 7) is -0.676. The van der Waals surface area contributed by atoms with E-state index < -0.39 is 50.9 Å². The predicted octanol–water partition coefficient (Wildman–Crippen LogP) is -1.24. The highest BCUT2D eigenvalue weighted by atomic mass is 31.2. The van der Waals surface area contributed by atoms with Crippen molar-refractivity contribution in [2.75, 3.05) is 0 Å². The van der Waals surface area contributed by atoms with E-state index >= 15 is 0 Å². The Labute approximate surface area is 128 Å². The van der Waals surface area contributed by atoms with Crippen LogP contribution in [0.4, 0.5) is 0 Å². The van der Waals surface area contributed by atoms with Gasteiger partial charge in [-0.3, -0.25) is 18.7 Å². The number of hydrogen-bond acceptors (Lipinski definition) is 5. The van der Waals surface area contributed by atoms with Gasteiger partial charge in [0.25, 0.3) is 0 Å². The maximum Gasteiger partial charge on any atom is 0.340 e. The smallest absolute Gasteiger partial charge is 0.340 e. The fourth-order valence-electron chi connectivity index (χ4n) is 2.16. The van der Waals surface area contributed by atoms with Crippen molar-refractivity contribution >= 4 is 27.1 Å². The first kappa shape index (κ1) is 19.5. The predicted molar refractivity (Wildman–Crippen MR) is 72.7 cm³/mol. The molecule has 0 radical (unpaired) electrons. The van der Waals surface area contributed by atoms with Gasteiger partial charge in [0.2, 0.25) is 0 Å². The molecule has 14 heteroatoms. The van der Waals surface area contributed by atoms with Crippen molar-refractivity contribution in [2.45, 2.75) is 17.9 Å². The van der Waals surface area contributed by atoms with Gasteiger partial charge in [0.05, 0.1) is 6.33 Å². The van der Waals surface area contributed by atoms with E-state index in [1.807, 2.05) is 0 Å². The fourth-order valence-corrected chi connectivity index (χ4v) is 4.41. The number of rotatable bonds is 8. The van der Waals surface area contributed by atoms with Gasteiger partial charge in [-0.15, -0.1) is 0 Å². The Hall–Kier alpha value is -1.55. The summed E-state index contributed by atoms with van der Waals surface area (Å²) in [7, 11) is -10.8. The number of aromatic nitrogens is 2.